The van der Waals surface area contributed by atoms with Crippen LogP contribution < -0.4 is 5.32 Å². The summed E-state index contributed by atoms with van der Waals surface area (Å²) in [6.07, 6.45) is 47.9. The summed E-state index contributed by atoms with van der Waals surface area (Å²) < 4.78 is 0. The van der Waals surface area contributed by atoms with Crippen LogP contribution in [0, 0.1) is 0 Å². The van der Waals surface area contributed by atoms with Crippen LogP contribution in [0.5, 0.6) is 0 Å². The van der Waals surface area contributed by atoms with Crippen molar-refractivity contribution in [1.82, 2.24) is 5.32 Å². The second kappa shape index (κ2) is 41.9. The molecule has 0 fully saturated rings. The van der Waals surface area contributed by atoms with Gasteiger partial charge in [-0.1, -0.05) is 212 Å². The van der Waals surface area contributed by atoms with Crippen molar-refractivity contribution >= 4 is 5.91 Å². The van der Waals surface area contributed by atoms with Crippen molar-refractivity contribution in [3.05, 3.63) is 24.3 Å². The smallest absolute Gasteiger partial charge is 0.249 e. The highest BCUT2D eigenvalue weighted by molar-refractivity contribution is 5.80. The summed E-state index contributed by atoms with van der Waals surface area (Å²) in [7, 11) is 0. The molecule has 0 radical (unpaired) electrons. The van der Waals surface area contributed by atoms with Gasteiger partial charge in [-0.05, 0) is 51.4 Å². The molecule has 0 aromatic heterocycles. The van der Waals surface area contributed by atoms with Gasteiger partial charge in [0.05, 0.1) is 18.8 Å². The largest absolute Gasteiger partial charge is 0.394 e. The zero-order valence-corrected chi connectivity index (χ0v) is 35.3. The van der Waals surface area contributed by atoms with Crippen LogP contribution in [0.4, 0.5) is 0 Å². The van der Waals surface area contributed by atoms with E-state index in [4.69, 9.17) is 0 Å². The molecule has 0 saturated heterocycles. The van der Waals surface area contributed by atoms with E-state index in [-0.39, 0.29) is 0 Å². The molecule has 0 aliphatic carbocycles. The highest BCUT2D eigenvalue weighted by Crippen LogP contribution is 2.16. The van der Waals surface area contributed by atoms with E-state index in [1.807, 2.05) is 0 Å². The molecule has 0 rings (SSSR count). The second-order valence-corrected chi connectivity index (χ2v) is 16.1. The molecule has 0 aliphatic rings. The van der Waals surface area contributed by atoms with Crippen LogP contribution >= 0.6 is 0 Å². The predicted molar refractivity (Wildman–Crippen MR) is 228 cm³/mol. The highest BCUT2D eigenvalue weighted by Gasteiger charge is 2.28. The van der Waals surface area contributed by atoms with Crippen molar-refractivity contribution in [2.45, 2.75) is 263 Å². The van der Waals surface area contributed by atoms with Crippen molar-refractivity contribution in [2.75, 3.05) is 6.61 Å². The first-order chi connectivity index (χ1) is 26.0. The normalized spacial score (nSPS) is 14.3. The molecule has 6 heteroatoms. The Morgan fingerprint density at radius 3 is 1.19 bits per heavy atom. The first kappa shape index (κ1) is 51.8. The van der Waals surface area contributed by atoms with Crippen LogP contribution in [-0.2, 0) is 4.79 Å². The number of aliphatic hydroxyl groups excluding tert-OH is 4. The molecule has 0 saturated carbocycles. The molecule has 314 valence electrons. The summed E-state index contributed by atoms with van der Waals surface area (Å²) in [5.74, 6) is -0.596. The molecule has 4 unspecified atom stereocenters. The maximum Gasteiger partial charge on any atom is 0.249 e. The van der Waals surface area contributed by atoms with Crippen LogP contribution in [0.3, 0.4) is 0 Å². The van der Waals surface area contributed by atoms with E-state index in [1.165, 1.54) is 167 Å². The molecule has 6 nitrogen and oxygen atoms in total. The summed E-state index contributed by atoms with van der Waals surface area (Å²) in [4.78, 5) is 12.5. The Kier molecular flexibility index (Phi) is 41.0. The van der Waals surface area contributed by atoms with Gasteiger partial charge < -0.3 is 25.7 Å². The Bertz CT molecular complexity index is 802. The summed E-state index contributed by atoms with van der Waals surface area (Å²) in [6.45, 7) is 4.04. The molecule has 5 N–H and O–H groups in total. The minimum atomic E-state index is -1.29. The van der Waals surface area contributed by atoms with Crippen molar-refractivity contribution in [2.24, 2.45) is 0 Å². The minimum absolute atomic E-state index is 0.363. The number of carbonyl (C=O) groups is 1. The Balaban J connectivity index is 3.74. The number of hydrogen-bond donors (Lipinski definition) is 5. The van der Waals surface area contributed by atoms with E-state index >= 15 is 0 Å². The molecule has 0 bridgehead atoms. The third-order valence-corrected chi connectivity index (χ3v) is 10.9. The Morgan fingerprint density at radius 2 is 0.792 bits per heavy atom. The third-order valence-electron chi connectivity index (χ3n) is 10.9. The van der Waals surface area contributed by atoms with Crippen LogP contribution in [0.1, 0.15) is 239 Å². The Labute approximate surface area is 329 Å². The lowest BCUT2D eigenvalue weighted by molar-refractivity contribution is -0.132. The van der Waals surface area contributed by atoms with Gasteiger partial charge >= 0.3 is 0 Å². The fourth-order valence-corrected chi connectivity index (χ4v) is 7.19. The van der Waals surface area contributed by atoms with Crippen molar-refractivity contribution < 1.29 is 25.2 Å². The molecule has 0 heterocycles. The fraction of sp³-hybridized carbons (Fsp3) is 0.894. The number of nitrogens with one attached hydrogen (secondary N) is 1. The summed E-state index contributed by atoms with van der Waals surface area (Å²) in [5.41, 5.74) is 0. The number of amides is 1. The number of unbranched alkanes of at least 4 members (excludes halogenated alkanes) is 29. The van der Waals surface area contributed by atoms with E-state index in [0.717, 1.165) is 38.5 Å². The van der Waals surface area contributed by atoms with Gasteiger partial charge in [-0.25, -0.2) is 0 Å². The van der Waals surface area contributed by atoms with Crippen molar-refractivity contribution in [3.63, 3.8) is 0 Å². The summed E-state index contributed by atoms with van der Waals surface area (Å²) >= 11 is 0. The zero-order valence-electron chi connectivity index (χ0n) is 35.3. The molecule has 0 aromatic rings. The molecule has 1 amide bonds. The lowest BCUT2D eigenvalue weighted by Crippen LogP contribution is -2.53. The molecule has 0 aromatic carbocycles. The van der Waals surface area contributed by atoms with Crippen LogP contribution in [0.25, 0.3) is 0 Å². The molecule has 0 aliphatic heterocycles. The quantitative estimate of drug-likeness (QED) is 0.0315. The minimum Gasteiger partial charge on any atom is -0.394 e. The average Bonchev–Trinajstić information content (AvgIpc) is 3.16. The fourth-order valence-electron chi connectivity index (χ4n) is 7.19. The zero-order chi connectivity index (χ0) is 38.9. The van der Waals surface area contributed by atoms with Gasteiger partial charge in [0.15, 0.2) is 0 Å². The highest BCUT2D eigenvalue weighted by atomic mass is 16.3. The van der Waals surface area contributed by atoms with Gasteiger partial charge in [-0.15, -0.1) is 0 Å². The summed E-state index contributed by atoms with van der Waals surface area (Å²) in [6, 6.07) is -1.00. The average molecular weight is 750 g/mol. The van der Waals surface area contributed by atoms with E-state index in [2.05, 4.69) is 43.5 Å². The maximum absolute atomic E-state index is 12.5. The standard InChI is InChI=1S/C47H91NO5/c1-3-5-7-9-11-13-15-17-18-19-20-21-22-23-24-25-26-27-29-30-32-34-36-38-40-44(50)46(52)43(42-49)48-47(53)45(51)41-39-37-35-33-31-28-16-14-12-10-8-6-4-2/h26-27,32,34,43-46,49-52H,3-25,28-31,33,35-42H2,1-2H3,(H,48,53)/b27-26+,34-32+. The van der Waals surface area contributed by atoms with E-state index in [1.54, 1.807) is 0 Å². The molecule has 4 atom stereocenters. The van der Waals surface area contributed by atoms with Crippen molar-refractivity contribution in [1.29, 1.82) is 0 Å². The van der Waals surface area contributed by atoms with E-state index < -0.39 is 36.9 Å². The lowest BCUT2D eigenvalue weighted by atomic mass is 10.00. The molecule has 53 heavy (non-hydrogen) atoms. The van der Waals surface area contributed by atoms with Gasteiger partial charge in [0.25, 0.3) is 0 Å². The number of rotatable bonds is 42. The molecular weight excluding hydrogens is 659 g/mol. The van der Waals surface area contributed by atoms with E-state index in [0.29, 0.717) is 19.3 Å². The molecular formula is C47H91NO5. The topological polar surface area (TPSA) is 110 Å². The maximum atomic E-state index is 12.5. The predicted octanol–water partition coefficient (Wildman–Crippen LogP) is 12.4. The summed E-state index contributed by atoms with van der Waals surface area (Å²) in [5, 5.41) is 43.6. The van der Waals surface area contributed by atoms with Gasteiger partial charge in [-0.3, -0.25) is 4.79 Å². The van der Waals surface area contributed by atoms with Gasteiger partial charge in [0.2, 0.25) is 5.91 Å². The number of aliphatic hydroxyl groups is 4. The monoisotopic (exact) mass is 750 g/mol. The number of carbonyl (C=O) groups excluding carboxylic acids is 1. The Hall–Kier alpha value is -1.21. The van der Waals surface area contributed by atoms with Crippen molar-refractivity contribution in [3.8, 4) is 0 Å². The third kappa shape index (κ3) is 36.2. The lowest BCUT2D eigenvalue weighted by Gasteiger charge is -2.27. The Morgan fingerprint density at radius 1 is 0.453 bits per heavy atom. The van der Waals surface area contributed by atoms with Gasteiger partial charge in [0, 0.05) is 0 Å². The van der Waals surface area contributed by atoms with Crippen LogP contribution in [0.2, 0.25) is 0 Å². The van der Waals surface area contributed by atoms with E-state index in [9.17, 15) is 25.2 Å². The first-order valence-corrected chi connectivity index (χ1v) is 23.2. The van der Waals surface area contributed by atoms with Gasteiger partial charge in [0.1, 0.15) is 12.2 Å². The van der Waals surface area contributed by atoms with Crippen LogP contribution in [-0.4, -0.2) is 57.3 Å². The molecule has 0 spiro atoms. The SMILES string of the molecule is CCCCCCCCCCCCCCCCC/C=C/CC/C=C/CCCC(O)C(O)C(CO)NC(=O)C(O)CCCCCCCCCCCCCCC. The van der Waals surface area contributed by atoms with Crippen LogP contribution in [0.15, 0.2) is 24.3 Å². The first-order valence-electron chi connectivity index (χ1n) is 23.2. The van der Waals surface area contributed by atoms with Gasteiger partial charge in [-0.2, -0.15) is 0 Å². The second-order valence-electron chi connectivity index (χ2n) is 16.1. The number of allylic oxidation sites excluding steroid dienone is 4. The number of hydrogen-bond acceptors (Lipinski definition) is 5.